The third kappa shape index (κ3) is 2.34. The number of fused-ring (bicyclic) bond motifs is 1. The lowest BCUT2D eigenvalue weighted by molar-refractivity contribution is -0.142. The van der Waals surface area contributed by atoms with Crippen molar-refractivity contribution in [3.8, 4) is 0 Å². The highest BCUT2D eigenvalue weighted by Crippen LogP contribution is 2.49. The minimum absolute atomic E-state index is 0.101. The van der Waals surface area contributed by atoms with Crippen LogP contribution in [0.4, 0.5) is 4.79 Å². The van der Waals surface area contributed by atoms with Gasteiger partial charge in [-0.3, -0.25) is 14.5 Å². The van der Waals surface area contributed by atoms with E-state index in [9.17, 15) is 14.4 Å². The first-order chi connectivity index (χ1) is 11.6. The number of allylic oxidation sites excluding steroid dienone is 2. The number of hydrogen-bond donors (Lipinski definition) is 1. The van der Waals surface area contributed by atoms with E-state index in [-0.39, 0.29) is 41.5 Å². The summed E-state index contributed by atoms with van der Waals surface area (Å²) in [5.74, 6) is -0.255. The average Bonchev–Trinajstić information content (AvgIpc) is 2.90. The highest BCUT2D eigenvalue weighted by atomic mass is 16.2. The van der Waals surface area contributed by atoms with E-state index in [0.29, 0.717) is 0 Å². The van der Waals surface area contributed by atoms with Crippen LogP contribution in [0.1, 0.15) is 39.0 Å². The van der Waals surface area contributed by atoms with Crippen LogP contribution in [0.2, 0.25) is 0 Å². The largest absolute Gasteiger partial charge is 0.325 e. The molecule has 1 saturated carbocycles. The monoisotopic (exact) mass is 331 g/mol. The van der Waals surface area contributed by atoms with Crippen molar-refractivity contribution >= 4 is 17.8 Å². The van der Waals surface area contributed by atoms with E-state index in [1.54, 1.807) is 11.8 Å². The van der Waals surface area contributed by atoms with Crippen LogP contribution >= 0.6 is 0 Å². The van der Waals surface area contributed by atoms with Gasteiger partial charge in [0.1, 0.15) is 6.17 Å². The lowest BCUT2D eigenvalue weighted by Gasteiger charge is -2.38. The summed E-state index contributed by atoms with van der Waals surface area (Å²) >= 11 is 0. The van der Waals surface area contributed by atoms with Gasteiger partial charge in [-0.2, -0.15) is 0 Å². The van der Waals surface area contributed by atoms with Gasteiger partial charge in [-0.25, -0.2) is 4.79 Å². The van der Waals surface area contributed by atoms with Gasteiger partial charge in [0.25, 0.3) is 0 Å². The number of carbonyl (C=O) groups excluding carboxylic acids is 3. The van der Waals surface area contributed by atoms with E-state index >= 15 is 0 Å². The second-order valence-electron chi connectivity index (χ2n) is 7.56. The molecule has 0 aromatic carbocycles. The summed E-state index contributed by atoms with van der Waals surface area (Å²) in [5, 5.41) is 2.86. The predicted molar refractivity (Wildman–Crippen MR) is 87.6 cm³/mol. The number of imide groups is 1. The molecule has 24 heavy (non-hydrogen) atoms. The molecule has 6 heteroatoms. The average molecular weight is 331 g/mol. The van der Waals surface area contributed by atoms with Crippen molar-refractivity contribution in [2.75, 3.05) is 13.1 Å². The van der Waals surface area contributed by atoms with Gasteiger partial charge >= 0.3 is 6.03 Å². The zero-order chi connectivity index (χ0) is 16.8. The molecule has 0 aromatic heterocycles. The molecule has 0 unspecified atom stereocenters. The minimum Gasteiger partial charge on any atom is -0.325 e. The molecular weight excluding hydrogens is 306 g/mol. The number of rotatable bonds is 2. The molecule has 2 saturated heterocycles. The quantitative estimate of drug-likeness (QED) is 0.619. The van der Waals surface area contributed by atoms with E-state index in [1.807, 2.05) is 0 Å². The lowest BCUT2D eigenvalue weighted by Crippen LogP contribution is -2.54. The number of nitrogens with one attached hydrogen (secondary N) is 1. The third-order valence-electron chi connectivity index (χ3n) is 6.16. The highest BCUT2D eigenvalue weighted by Gasteiger charge is 2.57. The molecule has 3 aliphatic carbocycles. The SMILES string of the molecule is C[C@H](NC(=O)N1CCCCC1)N1C(=O)[C@@H]2[C@H](C1=O)[C@H]1C=C[C@H]2CC1. The number of hydrogen-bond acceptors (Lipinski definition) is 3. The van der Waals surface area contributed by atoms with Crippen LogP contribution in [0.5, 0.6) is 0 Å². The van der Waals surface area contributed by atoms with Gasteiger partial charge < -0.3 is 10.2 Å². The molecule has 0 radical (unpaired) electrons. The van der Waals surface area contributed by atoms with Crippen LogP contribution in [0.25, 0.3) is 0 Å². The third-order valence-corrected chi connectivity index (χ3v) is 6.16. The Kier molecular flexibility index (Phi) is 3.85. The minimum atomic E-state index is -0.579. The van der Waals surface area contributed by atoms with Crippen molar-refractivity contribution in [2.45, 2.75) is 45.2 Å². The maximum atomic E-state index is 12.8. The van der Waals surface area contributed by atoms with E-state index in [2.05, 4.69) is 17.5 Å². The molecule has 0 aromatic rings. The maximum Gasteiger partial charge on any atom is 0.319 e. The summed E-state index contributed by atoms with van der Waals surface area (Å²) in [6.07, 6.45) is 8.81. The van der Waals surface area contributed by atoms with Gasteiger partial charge in [-0.05, 0) is 50.9 Å². The van der Waals surface area contributed by atoms with Crippen LogP contribution in [0.3, 0.4) is 0 Å². The molecular formula is C18H25N3O3. The van der Waals surface area contributed by atoms with Crippen LogP contribution in [0.15, 0.2) is 12.2 Å². The number of carbonyl (C=O) groups is 3. The first kappa shape index (κ1) is 15.7. The molecule has 3 fully saturated rings. The Balaban J connectivity index is 1.47. The molecule has 5 rings (SSSR count). The second-order valence-corrected chi connectivity index (χ2v) is 7.56. The molecule has 2 aliphatic heterocycles. The molecule has 4 amide bonds. The second kappa shape index (κ2) is 5.90. The first-order valence-corrected chi connectivity index (χ1v) is 9.18. The molecule has 2 heterocycles. The fourth-order valence-electron chi connectivity index (χ4n) is 4.91. The van der Waals surface area contributed by atoms with Crippen molar-refractivity contribution in [1.29, 1.82) is 0 Å². The van der Waals surface area contributed by atoms with E-state index in [4.69, 9.17) is 0 Å². The Morgan fingerprint density at radius 3 is 2.08 bits per heavy atom. The number of urea groups is 1. The lowest BCUT2D eigenvalue weighted by atomic mass is 9.63. The zero-order valence-corrected chi connectivity index (χ0v) is 14.1. The summed E-state index contributed by atoms with van der Waals surface area (Å²) in [6, 6.07) is -0.168. The Morgan fingerprint density at radius 1 is 1.04 bits per heavy atom. The fourth-order valence-corrected chi connectivity index (χ4v) is 4.91. The van der Waals surface area contributed by atoms with E-state index < -0.39 is 6.17 Å². The number of piperidine rings is 1. The summed E-state index contributed by atoms with van der Waals surface area (Å²) < 4.78 is 0. The van der Waals surface area contributed by atoms with Crippen LogP contribution in [-0.2, 0) is 9.59 Å². The molecule has 1 N–H and O–H groups in total. The van der Waals surface area contributed by atoms with E-state index in [0.717, 1.165) is 45.2 Å². The van der Waals surface area contributed by atoms with Gasteiger partial charge in [0.15, 0.2) is 0 Å². The normalized spacial score (nSPS) is 36.0. The summed E-state index contributed by atoms with van der Waals surface area (Å²) in [4.78, 5) is 41.2. The maximum absolute atomic E-state index is 12.8. The standard InChI is InChI=1S/C18H25N3O3/c1-11(19-18(24)20-9-3-2-4-10-20)21-16(22)14-12-5-6-13(8-7-12)15(14)17(21)23/h5-6,11-15H,2-4,7-10H2,1H3,(H,19,24)/t11-,12+,13+,14-,15+/m1/s1. The summed E-state index contributed by atoms with van der Waals surface area (Å²) in [5.41, 5.74) is 0. The Labute approximate surface area is 142 Å². The number of likely N-dealkylation sites (tertiary alicyclic amines) is 2. The smallest absolute Gasteiger partial charge is 0.319 e. The molecule has 6 nitrogen and oxygen atoms in total. The first-order valence-electron chi connectivity index (χ1n) is 9.18. The zero-order valence-electron chi connectivity index (χ0n) is 14.1. The predicted octanol–water partition coefficient (Wildman–Crippen LogP) is 1.73. The van der Waals surface area contributed by atoms with Crippen LogP contribution in [0, 0.1) is 23.7 Å². The molecule has 2 bridgehead atoms. The topological polar surface area (TPSA) is 69.7 Å². The van der Waals surface area contributed by atoms with Crippen LogP contribution < -0.4 is 5.32 Å². The van der Waals surface area contributed by atoms with Crippen molar-refractivity contribution < 1.29 is 14.4 Å². The summed E-state index contributed by atoms with van der Waals surface area (Å²) in [6.45, 7) is 3.24. The molecule has 130 valence electrons. The van der Waals surface area contributed by atoms with Gasteiger partial charge in [0, 0.05) is 13.1 Å². The highest BCUT2D eigenvalue weighted by molar-refractivity contribution is 6.06. The molecule has 5 aliphatic rings. The van der Waals surface area contributed by atoms with Crippen molar-refractivity contribution in [3.63, 3.8) is 0 Å². The molecule has 5 atom stereocenters. The van der Waals surface area contributed by atoms with Crippen molar-refractivity contribution in [2.24, 2.45) is 23.7 Å². The number of nitrogens with zero attached hydrogens (tertiary/aromatic N) is 2. The van der Waals surface area contributed by atoms with Crippen molar-refractivity contribution in [1.82, 2.24) is 15.1 Å². The Hall–Kier alpha value is -1.85. The van der Waals surface area contributed by atoms with Gasteiger partial charge in [-0.1, -0.05) is 12.2 Å². The Bertz CT molecular complexity index is 564. The van der Waals surface area contributed by atoms with Crippen molar-refractivity contribution in [3.05, 3.63) is 12.2 Å². The van der Waals surface area contributed by atoms with Gasteiger partial charge in [0.05, 0.1) is 11.8 Å². The van der Waals surface area contributed by atoms with E-state index in [1.165, 1.54) is 4.90 Å². The van der Waals surface area contributed by atoms with Gasteiger partial charge in [0.2, 0.25) is 11.8 Å². The number of amides is 4. The Morgan fingerprint density at radius 2 is 1.58 bits per heavy atom. The summed E-state index contributed by atoms with van der Waals surface area (Å²) in [7, 11) is 0. The fraction of sp³-hybridized carbons (Fsp3) is 0.722. The van der Waals surface area contributed by atoms with Crippen LogP contribution in [-0.4, -0.2) is 46.9 Å². The van der Waals surface area contributed by atoms with Gasteiger partial charge in [-0.15, -0.1) is 0 Å². The molecule has 0 spiro atoms.